The first kappa shape index (κ1) is 23.1. The van der Waals surface area contributed by atoms with E-state index in [1.54, 1.807) is 0 Å². The van der Waals surface area contributed by atoms with Crippen molar-refractivity contribution >= 4 is 30.7 Å². The second-order valence-electron chi connectivity index (χ2n) is 6.41. The molecule has 2 N–H and O–H groups in total. The minimum atomic E-state index is -0.249. The summed E-state index contributed by atoms with van der Waals surface area (Å²) >= 11 is 0. The molecule has 0 saturated carbocycles. The first-order valence-corrected chi connectivity index (χ1v) is 8.71. The molecule has 148 valence electrons. The van der Waals surface area contributed by atoms with Crippen molar-refractivity contribution in [2.75, 3.05) is 52.6 Å². The first-order chi connectivity index (χ1) is 11.7. The van der Waals surface area contributed by atoms with Crippen LogP contribution in [0.5, 0.6) is 0 Å². The summed E-state index contributed by atoms with van der Waals surface area (Å²) in [6.07, 6.45) is 0. The van der Waals surface area contributed by atoms with Gasteiger partial charge in [-0.2, -0.15) is 0 Å². The predicted octanol–water partition coefficient (Wildman–Crippen LogP) is 1.32. The fraction of sp³-hybridized carbons (Fsp3) is 0.611. The van der Waals surface area contributed by atoms with E-state index in [1.165, 1.54) is 11.1 Å². The molecule has 1 aromatic carbocycles. The number of halogens is 2. The summed E-state index contributed by atoms with van der Waals surface area (Å²) in [6.45, 7) is 7.80. The fourth-order valence-electron chi connectivity index (χ4n) is 3.28. The molecule has 2 saturated heterocycles. The third-order valence-electron chi connectivity index (χ3n) is 4.62. The molecule has 26 heavy (non-hydrogen) atoms. The number of amides is 1. The minimum absolute atomic E-state index is 0. The van der Waals surface area contributed by atoms with E-state index >= 15 is 0 Å². The van der Waals surface area contributed by atoms with E-state index in [4.69, 9.17) is 9.47 Å². The number of morpholine rings is 2. The van der Waals surface area contributed by atoms with Crippen LogP contribution in [0.4, 0.5) is 0 Å². The maximum absolute atomic E-state index is 12.4. The molecular weight excluding hydrogens is 377 g/mol. The van der Waals surface area contributed by atoms with Crippen molar-refractivity contribution in [1.82, 2.24) is 15.5 Å². The smallest absolute Gasteiger partial charge is 0.239 e. The van der Waals surface area contributed by atoms with Crippen LogP contribution in [-0.4, -0.2) is 69.5 Å². The lowest BCUT2D eigenvalue weighted by Gasteiger charge is -2.35. The Balaban J connectivity index is 0.00000169. The second-order valence-corrected chi connectivity index (χ2v) is 6.41. The topological polar surface area (TPSA) is 62.8 Å². The Labute approximate surface area is 167 Å². The number of carbonyl (C=O) groups excluding carboxylic acids is 1. The van der Waals surface area contributed by atoms with Gasteiger partial charge in [0.2, 0.25) is 5.91 Å². The lowest BCUT2D eigenvalue weighted by Crippen LogP contribution is -2.53. The first-order valence-electron chi connectivity index (χ1n) is 8.71. The fourth-order valence-corrected chi connectivity index (χ4v) is 3.28. The molecule has 6 nitrogen and oxygen atoms in total. The normalized spacial score (nSPS) is 21.8. The zero-order valence-corrected chi connectivity index (χ0v) is 16.7. The number of benzene rings is 1. The van der Waals surface area contributed by atoms with E-state index < -0.39 is 0 Å². The molecule has 0 aliphatic carbocycles. The number of carbonyl (C=O) groups is 1. The van der Waals surface area contributed by atoms with Gasteiger partial charge in [-0.05, 0) is 12.5 Å². The van der Waals surface area contributed by atoms with Crippen LogP contribution in [0, 0.1) is 6.92 Å². The van der Waals surface area contributed by atoms with Crippen molar-refractivity contribution in [2.45, 2.75) is 19.0 Å². The van der Waals surface area contributed by atoms with Crippen LogP contribution in [-0.2, 0) is 14.3 Å². The third-order valence-corrected chi connectivity index (χ3v) is 4.62. The van der Waals surface area contributed by atoms with Crippen LogP contribution in [0.3, 0.4) is 0 Å². The van der Waals surface area contributed by atoms with E-state index in [-0.39, 0.29) is 42.8 Å². The van der Waals surface area contributed by atoms with Gasteiger partial charge in [0.25, 0.3) is 0 Å². The SMILES string of the molecule is Cc1cccc(C(CNC(=O)C2COCCN2)N2CCOCC2)c1.Cl.Cl. The van der Waals surface area contributed by atoms with Crippen molar-refractivity contribution in [3.63, 3.8) is 0 Å². The number of ether oxygens (including phenoxy) is 2. The number of hydrogen-bond donors (Lipinski definition) is 2. The van der Waals surface area contributed by atoms with Crippen molar-refractivity contribution in [3.8, 4) is 0 Å². The van der Waals surface area contributed by atoms with Gasteiger partial charge in [0.15, 0.2) is 0 Å². The molecule has 2 aliphatic rings. The number of nitrogens with one attached hydrogen (secondary N) is 2. The maximum Gasteiger partial charge on any atom is 0.239 e. The van der Waals surface area contributed by atoms with Crippen LogP contribution in [0.25, 0.3) is 0 Å². The van der Waals surface area contributed by atoms with Crippen molar-refractivity contribution in [1.29, 1.82) is 0 Å². The summed E-state index contributed by atoms with van der Waals surface area (Å²) in [6, 6.07) is 8.44. The summed E-state index contributed by atoms with van der Waals surface area (Å²) in [5.74, 6) is 0.0145. The van der Waals surface area contributed by atoms with Gasteiger partial charge < -0.3 is 20.1 Å². The summed E-state index contributed by atoms with van der Waals surface area (Å²) in [5.41, 5.74) is 2.48. The standard InChI is InChI=1S/C18H27N3O3.2ClH/c1-14-3-2-4-15(11-14)17(21-6-9-23-10-7-21)12-20-18(22)16-13-24-8-5-19-16;;/h2-4,11,16-17,19H,5-10,12-13H2,1H3,(H,20,22);2*1H. The van der Waals surface area contributed by atoms with E-state index in [0.29, 0.717) is 19.8 Å². The lowest BCUT2D eigenvalue weighted by atomic mass is 10.0. The second kappa shape index (κ2) is 11.7. The Hall–Kier alpha value is -0.890. The molecule has 1 aromatic rings. The average molecular weight is 406 g/mol. The van der Waals surface area contributed by atoms with Crippen molar-refractivity contribution in [3.05, 3.63) is 35.4 Å². The van der Waals surface area contributed by atoms with Crippen LogP contribution < -0.4 is 10.6 Å². The molecule has 1 amide bonds. The molecule has 0 spiro atoms. The Kier molecular flexibility index (Phi) is 10.5. The quantitative estimate of drug-likeness (QED) is 0.773. The highest BCUT2D eigenvalue weighted by atomic mass is 35.5. The van der Waals surface area contributed by atoms with Gasteiger partial charge in [0, 0.05) is 26.2 Å². The summed E-state index contributed by atoms with van der Waals surface area (Å²) in [5, 5.41) is 6.30. The molecular formula is C18H29Cl2N3O3. The Morgan fingerprint density at radius 2 is 2.04 bits per heavy atom. The Morgan fingerprint density at radius 3 is 2.69 bits per heavy atom. The number of hydrogen-bond acceptors (Lipinski definition) is 5. The van der Waals surface area contributed by atoms with Gasteiger partial charge in [0.05, 0.1) is 32.5 Å². The minimum Gasteiger partial charge on any atom is -0.379 e. The number of rotatable bonds is 5. The number of nitrogens with zero attached hydrogens (tertiary/aromatic N) is 1. The summed E-state index contributed by atoms with van der Waals surface area (Å²) < 4.78 is 10.9. The van der Waals surface area contributed by atoms with Gasteiger partial charge in [-0.25, -0.2) is 0 Å². The molecule has 2 atom stereocenters. The molecule has 3 rings (SSSR count). The van der Waals surface area contributed by atoms with Crippen LogP contribution in [0.15, 0.2) is 24.3 Å². The lowest BCUT2D eigenvalue weighted by molar-refractivity contribution is -0.126. The molecule has 0 bridgehead atoms. The van der Waals surface area contributed by atoms with Gasteiger partial charge in [-0.3, -0.25) is 9.69 Å². The summed E-state index contributed by atoms with van der Waals surface area (Å²) in [7, 11) is 0. The van der Waals surface area contributed by atoms with Gasteiger partial charge in [-0.15, -0.1) is 24.8 Å². The van der Waals surface area contributed by atoms with Crippen LogP contribution >= 0.6 is 24.8 Å². The Bertz CT molecular complexity index is 550. The average Bonchev–Trinajstić information content (AvgIpc) is 2.63. The monoisotopic (exact) mass is 405 g/mol. The number of aryl methyl sites for hydroxylation is 1. The highest BCUT2D eigenvalue weighted by molar-refractivity contribution is 5.85. The largest absolute Gasteiger partial charge is 0.379 e. The Morgan fingerprint density at radius 1 is 1.27 bits per heavy atom. The molecule has 2 fully saturated rings. The van der Waals surface area contributed by atoms with E-state index in [9.17, 15) is 4.79 Å². The van der Waals surface area contributed by atoms with Crippen molar-refractivity contribution in [2.24, 2.45) is 0 Å². The molecule has 8 heteroatoms. The molecule has 2 heterocycles. The van der Waals surface area contributed by atoms with E-state index in [2.05, 4.69) is 46.7 Å². The maximum atomic E-state index is 12.4. The van der Waals surface area contributed by atoms with E-state index in [0.717, 1.165) is 32.8 Å². The molecule has 0 aromatic heterocycles. The molecule has 2 unspecified atom stereocenters. The van der Waals surface area contributed by atoms with Gasteiger partial charge >= 0.3 is 0 Å². The van der Waals surface area contributed by atoms with Gasteiger partial charge in [-0.1, -0.05) is 29.8 Å². The van der Waals surface area contributed by atoms with Gasteiger partial charge in [0.1, 0.15) is 6.04 Å². The van der Waals surface area contributed by atoms with Crippen molar-refractivity contribution < 1.29 is 14.3 Å². The molecule has 0 radical (unpaired) electrons. The van der Waals surface area contributed by atoms with Crippen LogP contribution in [0.1, 0.15) is 17.2 Å². The third kappa shape index (κ3) is 6.37. The zero-order valence-electron chi connectivity index (χ0n) is 15.1. The van der Waals surface area contributed by atoms with E-state index in [1.807, 2.05) is 0 Å². The highest BCUT2D eigenvalue weighted by Gasteiger charge is 2.26. The highest BCUT2D eigenvalue weighted by Crippen LogP contribution is 2.22. The zero-order chi connectivity index (χ0) is 16.8. The summed E-state index contributed by atoms with van der Waals surface area (Å²) in [4.78, 5) is 14.8. The predicted molar refractivity (Wildman–Crippen MR) is 106 cm³/mol. The van der Waals surface area contributed by atoms with Crippen LogP contribution in [0.2, 0.25) is 0 Å². The molecule has 2 aliphatic heterocycles.